The summed E-state index contributed by atoms with van der Waals surface area (Å²) in [4.78, 5) is 0. The van der Waals surface area contributed by atoms with E-state index in [0.29, 0.717) is 6.04 Å². The van der Waals surface area contributed by atoms with E-state index in [1.54, 1.807) is 0 Å². The molecule has 2 unspecified atom stereocenters. The van der Waals surface area contributed by atoms with Gasteiger partial charge in [-0.05, 0) is 52.1 Å². The van der Waals surface area contributed by atoms with Gasteiger partial charge < -0.3 is 15.4 Å². The largest absolute Gasteiger partial charge is 0.381 e. The summed E-state index contributed by atoms with van der Waals surface area (Å²) in [5.74, 6) is 0. The average molecular weight is 242 g/mol. The Morgan fingerprint density at radius 3 is 2.88 bits per heavy atom. The van der Waals surface area contributed by atoms with Crippen LogP contribution in [0.2, 0.25) is 0 Å². The van der Waals surface area contributed by atoms with Crippen LogP contribution in [0.1, 0.15) is 52.4 Å². The van der Waals surface area contributed by atoms with Crippen molar-refractivity contribution >= 4 is 0 Å². The maximum atomic E-state index is 5.54. The van der Waals surface area contributed by atoms with E-state index in [1.807, 2.05) is 0 Å². The second-order valence-electron chi connectivity index (χ2n) is 5.20. The van der Waals surface area contributed by atoms with Crippen molar-refractivity contribution in [1.29, 1.82) is 0 Å². The van der Waals surface area contributed by atoms with Crippen molar-refractivity contribution in [3.63, 3.8) is 0 Å². The third-order valence-corrected chi connectivity index (χ3v) is 3.40. The number of nitrogens with one attached hydrogen (secondary N) is 2. The molecule has 2 N–H and O–H groups in total. The lowest BCUT2D eigenvalue weighted by molar-refractivity contribution is 0.128. The van der Waals surface area contributed by atoms with Gasteiger partial charge in [0.1, 0.15) is 0 Å². The molecular formula is C14H30N2O. The standard InChI is InChI=1S/C14H30N2O/c1-3-4-10-17-11-6-9-15-13(2)12-14-7-5-8-16-14/h13-16H,3-12H2,1-2H3. The van der Waals surface area contributed by atoms with Gasteiger partial charge >= 0.3 is 0 Å². The fourth-order valence-electron chi connectivity index (χ4n) is 2.34. The molecule has 0 bridgehead atoms. The first-order valence-electron chi connectivity index (χ1n) is 7.37. The van der Waals surface area contributed by atoms with Gasteiger partial charge in [0.2, 0.25) is 0 Å². The second kappa shape index (κ2) is 9.86. The van der Waals surface area contributed by atoms with E-state index < -0.39 is 0 Å². The molecule has 0 radical (unpaired) electrons. The highest BCUT2D eigenvalue weighted by Crippen LogP contribution is 2.10. The van der Waals surface area contributed by atoms with Gasteiger partial charge in [-0.15, -0.1) is 0 Å². The highest BCUT2D eigenvalue weighted by Gasteiger charge is 2.16. The molecule has 1 aliphatic rings. The van der Waals surface area contributed by atoms with E-state index in [0.717, 1.165) is 32.2 Å². The quantitative estimate of drug-likeness (QED) is 0.577. The first-order chi connectivity index (χ1) is 8.33. The summed E-state index contributed by atoms with van der Waals surface area (Å²) in [6, 6.07) is 1.37. The zero-order valence-electron chi connectivity index (χ0n) is 11.6. The molecule has 102 valence electrons. The zero-order chi connectivity index (χ0) is 12.3. The molecule has 2 atom stereocenters. The van der Waals surface area contributed by atoms with Crippen LogP contribution in [-0.2, 0) is 4.74 Å². The molecule has 1 saturated heterocycles. The minimum atomic E-state index is 0.626. The monoisotopic (exact) mass is 242 g/mol. The Bertz CT molecular complexity index is 170. The van der Waals surface area contributed by atoms with Gasteiger partial charge in [-0.2, -0.15) is 0 Å². The van der Waals surface area contributed by atoms with Crippen LogP contribution in [0.25, 0.3) is 0 Å². The van der Waals surface area contributed by atoms with Crippen LogP contribution in [0.5, 0.6) is 0 Å². The second-order valence-corrected chi connectivity index (χ2v) is 5.20. The van der Waals surface area contributed by atoms with Crippen molar-refractivity contribution in [1.82, 2.24) is 10.6 Å². The van der Waals surface area contributed by atoms with Gasteiger partial charge in [-0.1, -0.05) is 13.3 Å². The van der Waals surface area contributed by atoms with Crippen LogP contribution in [0.15, 0.2) is 0 Å². The molecule has 1 fully saturated rings. The maximum absolute atomic E-state index is 5.54. The molecule has 1 heterocycles. The Morgan fingerprint density at radius 1 is 1.35 bits per heavy atom. The van der Waals surface area contributed by atoms with Crippen LogP contribution in [0.4, 0.5) is 0 Å². The molecule has 0 amide bonds. The molecule has 3 nitrogen and oxygen atoms in total. The lowest BCUT2D eigenvalue weighted by Gasteiger charge is -2.18. The molecule has 0 aromatic heterocycles. The Hall–Kier alpha value is -0.120. The molecule has 0 aliphatic carbocycles. The van der Waals surface area contributed by atoms with Crippen molar-refractivity contribution in [2.75, 3.05) is 26.3 Å². The first-order valence-corrected chi connectivity index (χ1v) is 7.37. The lowest BCUT2D eigenvalue weighted by Crippen LogP contribution is -2.34. The van der Waals surface area contributed by atoms with Gasteiger partial charge in [0.05, 0.1) is 0 Å². The smallest absolute Gasteiger partial charge is 0.0478 e. The molecule has 17 heavy (non-hydrogen) atoms. The number of hydrogen-bond donors (Lipinski definition) is 2. The van der Waals surface area contributed by atoms with Gasteiger partial charge in [-0.3, -0.25) is 0 Å². The van der Waals surface area contributed by atoms with E-state index in [-0.39, 0.29) is 0 Å². The average Bonchev–Trinajstić information content (AvgIpc) is 2.80. The van der Waals surface area contributed by atoms with E-state index in [4.69, 9.17) is 4.74 Å². The number of unbranched alkanes of at least 4 members (excludes halogenated alkanes) is 1. The number of ether oxygens (including phenoxy) is 1. The summed E-state index contributed by atoms with van der Waals surface area (Å²) >= 11 is 0. The summed E-state index contributed by atoms with van der Waals surface area (Å²) in [6.07, 6.45) is 7.51. The zero-order valence-corrected chi connectivity index (χ0v) is 11.6. The SMILES string of the molecule is CCCCOCCCNC(C)CC1CCCN1. The normalized spacial score (nSPS) is 21.9. The van der Waals surface area contributed by atoms with Crippen LogP contribution >= 0.6 is 0 Å². The Kier molecular flexibility index (Phi) is 8.67. The minimum Gasteiger partial charge on any atom is -0.381 e. The maximum Gasteiger partial charge on any atom is 0.0478 e. The third kappa shape index (κ3) is 7.74. The van der Waals surface area contributed by atoms with Crippen LogP contribution in [0.3, 0.4) is 0 Å². The number of rotatable bonds is 10. The summed E-state index contributed by atoms with van der Waals surface area (Å²) in [7, 11) is 0. The molecule has 0 aromatic carbocycles. The topological polar surface area (TPSA) is 33.3 Å². The van der Waals surface area contributed by atoms with Crippen molar-refractivity contribution in [3.05, 3.63) is 0 Å². The molecular weight excluding hydrogens is 212 g/mol. The van der Waals surface area contributed by atoms with Crippen molar-refractivity contribution in [2.45, 2.75) is 64.5 Å². The van der Waals surface area contributed by atoms with E-state index in [2.05, 4.69) is 24.5 Å². The van der Waals surface area contributed by atoms with Crippen LogP contribution < -0.4 is 10.6 Å². The van der Waals surface area contributed by atoms with Crippen LogP contribution in [0, 0.1) is 0 Å². The minimum absolute atomic E-state index is 0.626. The Morgan fingerprint density at radius 2 is 2.18 bits per heavy atom. The molecule has 0 saturated carbocycles. The van der Waals surface area contributed by atoms with Crippen LogP contribution in [-0.4, -0.2) is 38.4 Å². The molecule has 0 spiro atoms. The fraction of sp³-hybridized carbons (Fsp3) is 1.00. The molecule has 1 aliphatic heterocycles. The van der Waals surface area contributed by atoms with Gasteiger partial charge in [0.15, 0.2) is 0 Å². The predicted molar refractivity (Wildman–Crippen MR) is 73.5 cm³/mol. The molecule has 3 heteroatoms. The fourth-order valence-corrected chi connectivity index (χ4v) is 2.34. The summed E-state index contributed by atoms with van der Waals surface area (Å²) < 4.78 is 5.54. The highest BCUT2D eigenvalue weighted by atomic mass is 16.5. The third-order valence-electron chi connectivity index (χ3n) is 3.40. The molecule has 0 aromatic rings. The summed E-state index contributed by atoms with van der Waals surface area (Å²) in [5, 5.41) is 7.13. The lowest BCUT2D eigenvalue weighted by atomic mass is 10.1. The summed E-state index contributed by atoms with van der Waals surface area (Å²) in [5.41, 5.74) is 0. The van der Waals surface area contributed by atoms with E-state index >= 15 is 0 Å². The van der Waals surface area contributed by atoms with Crippen molar-refractivity contribution in [3.8, 4) is 0 Å². The molecule has 1 rings (SSSR count). The van der Waals surface area contributed by atoms with E-state index in [9.17, 15) is 0 Å². The van der Waals surface area contributed by atoms with E-state index in [1.165, 1.54) is 38.6 Å². The number of hydrogen-bond acceptors (Lipinski definition) is 3. The van der Waals surface area contributed by atoms with Gasteiger partial charge in [0, 0.05) is 25.3 Å². The van der Waals surface area contributed by atoms with Gasteiger partial charge in [0.25, 0.3) is 0 Å². The van der Waals surface area contributed by atoms with Crippen molar-refractivity contribution in [2.24, 2.45) is 0 Å². The predicted octanol–water partition coefficient (Wildman–Crippen LogP) is 2.31. The Balaban J connectivity index is 1.84. The first kappa shape index (κ1) is 14.9. The highest BCUT2D eigenvalue weighted by molar-refractivity contribution is 4.78. The van der Waals surface area contributed by atoms with Gasteiger partial charge in [-0.25, -0.2) is 0 Å². The Labute approximate surface area is 107 Å². The summed E-state index contributed by atoms with van der Waals surface area (Å²) in [6.45, 7) is 8.61. The van der Waals surface area contributed by atoms with Crippen molar-refractivity contribution < 1.29 is 4.74 Å².